The SMILES string of the molecule is CC1=CC(=O)C=CC1=NOS(=O)(=O)c1cccc([N+](=O)[O-])c1. The van der Waals surface area contributed by atoms with Crippen LogP contribution in [0.1, 0.15) is 6.92 Å². The highest BCUT2D eigenvalue weighted by Crippen LogP contribution is 2.19. The van der Waals surface area contributed by atoms with Gasteiger partial charge in [-0.25, -0.2) is 0 Å². The predicted octanol–water partition coefficient (Wildman–Crippen LogP) is 1.74. The van der Waals surface area contributed by atoms with E-state index in [2.05, 4.69) is 9.44 Å². The number of allylic oxidation sites excluding steroid dienone is 4. The summed E-state index contributed by atoms with van der Waals surface area (Å²) in [6, 6.07) is 4.42. The first-order valence-corrected chi connectivity index (χ1v) is 7.37. The van der Waals surface area contributed by atoms with E-state index in [1.165, 1.54) is 24.3 Å². The van der Waals surface area contributed by atoms with Crippen LogP contribution in [-0.2, 0) is 19.2 Å². The molecule has 1 aromatic carbocycles. The summed E-state index contributed by atoms with van der Waals surface area (Å²) < 4.78 is 28.4. The van der Waals surface area contributed by atoms with E-state index in [1.807, 2.05) is 0 Å². The fraction of sp³-hybridized carbons (Fsp3) is 0.0769. The Morgan fingerprint density at radius 2 is 2.00 bits per heavy atom. The summed E-state index contributed by atoms with van der Waals surface area (Å²) >= 11 is 0. The molecule has 0 atom stereocenters. The number of oxime groups is 1. The van der Waals surface area contributed by atoms with Crippen LogP contribution in [-0.4, -0.2) is 24.8 Å². The summed E-state index contributed by atoms with van der Waals surface area (Å²) in [5.41, 5.74) is 0.243. The standard InChI is InChI=1S/C13H10N2O6S/c1-9-7-11(16)5-6-13(9)14-21-22(19,20)12-4-2-3-10(8-12)15(17)18/h2-8H,1H3. The van der Waals surface area contributed by atoms with E-state index >= 15 is 0 Å². The molecular formula is C13H10N2O6S. The molecule has 0 fully saturated rings. The van der Waals surface area contributed by atoms with Crippen molar-refractivity contribution in [3.63, 3.8) is 0 Å². The average molecular weight is 322 g/mol. The number of non-ortho nitro benzene ring substituents is 1. The van der Waals surface area contributed by atoms with Gasteiger partial charge >= 0.3 is 10.1 Å². The summed E-state index contributed by atoms with van der Waals surface area (Å²) in [4.78, 5) is 20.7. The quantitative estimate of drug-likeness (QED) is 0.473. The number of rotatable bonds is 4. The molecule has 0 unspecified atom stereocenters. The Bertz CT molecular complexity index is 836. The molecule has 0 spiro atoms. The van der Waals surface area contributed by atoms with Crippen LogP contribution in [0.2, 0.25) is 0 Å². The van der Waals surface area contributed by atoms with Gasteiger partial charge in [-0.15, -0.1) is 0 Å². The monoisotopic (exact) mass is 322 g/mol. The molecule has 0 amide bonds. The van der Waals surface area contributed by atoms with E-state index < -0.39 is 15.0 Å². The molecule has 0 saturated carbocycles. The molecule has 114 valence electrons. The number of nitro benzene ring substituents is 1. The molecule has 0 aliphatic heterocycles. The maximum Gasteiger partial charge on any atom is 0.358 e. The smallest absolute Gasteiger partial charge is 0.290 e. The van der Waals surface area contributed by atoms with Gasteiger partial charge in [-0.1, -0.05) is 11.2 Å². The second-order valence-corrected chi connectivity index (χ2v) is 5.85. The Labute approximate surface area is 125 Å². The van der Waals surface area contributed by atoms with Crippen LogP contribution < -0.4 is 0 Å². The van der Waals surface area contributed by atoms with Gasteiger partial charge in [0.25, 0.3) is 5.69 Å². The maximum atomic E-state index is 12.0. The zero-order valence-electron chi connectivity index (χ0n) is 11.3. The first-order valence-electron chi connectivity index (χ1n) is 5.96. The van der Waals surface area contributed by atoms with Crippen molar-refractivity contribution in [1.29, 1.82) is 0 Å². The molecule has 1 aromatic rings. The lowest BCUT2D eigenvalue weighted by Gasteiger charge is -2.06. The molecule has 1 aliphatic carbocycles. The van der Waals surface area contributed by atoms with Crippen molar-refractivity contribution in [2.24, 2.45) is 5.16 Å². The summed E-state index contributed by atoms with van der Waals surface area (Å²) in [5.74, 6) is -0.238. The molecule has 0 N–H and O–H groups in total. The lowest BCUT2D eigenvalue weighted by molar-refractivity contribution is -0.385. The highest BCUT2D eigenvalue weighted by molar-refractivity contribution is 7.86. The number of carbonyl (C=O) groups excluding carboxylic acids is 1. The average Bonchev–Trinajstić information content (AvgIpc) is 2.46. The van der Waals surface area contributed by atoms with Crippen molar-refractivity contribution >= 4 is 27.3 Å². The number of nitrogens with zero attached hydrogens (tertiary/aromatic N) is 2. The Hall–Kier alpha value is -2.81. The number of ketones is 1. The van der Waals surface area contributed by atoms with Crippen LogP contribution in [0.25, 0.3) is 0 Å². The second-order valence-electron chi connectivity index (χ2n) is 4.32. The van der Waals surface area contributed by atoms with Gasteiger partial charge in [0.1, 0.15) is 10.6 Å². The zero-order valence-corrected chi connectivity index (χ0v) is 12.1. The highest BCUT2D eigenvalue weighted by Gasteiger charge is 2.20. The minimum atomic E-state index is -4.29. The van der Waals surface area contributed by atoms with Gasteiger partial charge in [0.2, 0.25) is 0 Å². The van der Waals surface area contributed by atoms with Crippen molar-refractivity contribution in [3.05, 3.63) is 58.2 Å². The van der Waals surface area contributed by atoms with E-state index in [4.69, 9.17) is 0 Å². The molecule has 1 aliphatic rings. The van der Waals surface area contributed by atoms with E-state index in [-0.39, 0.29) is 22.1 Å². The van der Waals surface area contributed by atoms with Gasteiger partial charge in [-0.3, -0.25) is 19.2 Å². The third-order valence-corrected chi connectivity index (χ3v) is 3.82. The van der Waals surface area contributed by atoms with Gasteiger partial charge < -0.3 is 0 Å². The molecule has 9 heteroatoms. The Kier molecular flexibility index (Phi) is 4.18. The first-order chi connectivity index (χ1) is 10.3. The third kappa shape index (κ3) is 3.44. The normalized spacial score (nSPS) is 16.5. The number of carbonyl (C=O) groups is 1. The topological polar surface area (TPSA) is 116 Å². The minimum Gasteiger partial charge on any atom is -0.290 e. The second kappa shape index (κ2) is 5.90. The van der Waals surface area contributed by atoms with E-state index in [9.17, 15) is 23.3 Å². The van der Waals surface area contributed by atoms with Crippen molar-refractivity contribution in [2.75, 3.05) is 0 Å². The molecule has 0 bridgehead atoms. The van der Waals surface area contributed by atoms with Crippen LogP contribution in [0.5, 0.6) is 0 Å². The fourth-order valence-corrected chi connectivity index (χ4v) is 2.39. The molecular weight excluding hydrogens is 312 g/mol. The van der Waals surface area contributed by atoms with E-state index in [0.29, 0.717) is 5.57 Å². The zero-order chi connectivity index (χ0) is 16.3. The summed E-state index contributed by atoms with van der Waals surface area (Å²) in [5, 5.41) is 14.1. The molecule has 2 rings (SSSR count). The van der Waals surface area contributed by atoms with Gasteiger partial charge in [-0.05, 0) is 36.8 Å². The first kappa shape index (κ1) is 15.6. The van der Waals surface area contributed by atoms with Crippen LogP contribution in [0.4, 0.5) is 5.69 Å². The Morgan fingerprint density at radius 3 is 2.64 bits per heavy atom. The predicted molar refractivity (Wildman–Crippen MR) is 76.7 cm³/mol. The fourth-order valence-electron chi connectivity index (χ4n) is 1.62. The molecule has 0 radical (unpaired) electrons. The van der Waals surface area contributed by atoms with Crippen LogP contribution in [0.3, 0.4) is 0 Å². The minimum absolute atomic E-state index is 0.175. The number of hydrogen-bond acceptors (Lipinski definition) is 7. The number of benzene rings is 1. The lowest BCUT2D eigenvalue weighted by Crippen LogP contribution is -2.09. The Balaban J connectivity index is 2.27. The van der Waals surface area contributed by atoms with Crippen molar-refractivity contribution in [3.8, 4) is 0 Å². The molecule has 8 nitrogen and oxygen atoms in total. The van der Waals surface area contributed by atoms with Crippen LogP contribution >= 0.6 is 0 Å². The van der Waals surface area contributed by atoms with E-state index in [1.54, 1.807) is 6.92 Å². The van der Waals surface area contributed by atoms with Crippen LogP contribution in [0, 0.1) is 10.1 Å². The molecule has 0 aromatic heterocycles. The number of nitro groups is 1. The lowest BCUT2D eigenvalue weighted by atomic mass is 10.1. The van der Waals surface area contributed by atoms with Crippen molar-refractivity contribution in [2.45, 2.75) is 11.8 Å². The van der Waals surface area contributed by atoms with Crippen molar-refractivity contribution < 1.29 is 22.4 Å². The third-order valence-electron chi connectivity index (χ3n) is 2.72. The number of hydrogen-bond donors (Lipinski definition) is 0. The largest absolute Gasteiger partial charge is 0.358 e. The van der Waals surface area contributed by atoms with Gasteiger partial charge in [0.05, 0.1) is 4.92 Å². The van der Waals surface area contributed by atoms with Gasteiger partial charge in [0, 0.05) is 12.1 Å². The van der Waals surface area contributed by atoms with Gasteiger partial charge in [-0.2, -0.15) is 8.42 Å². The molecule has 0 saturated heterocycles. The summed E-state index contributed by atoms with van der Waals surface area (Å²) in [6.45, 7) is 1.57. The molecule has 22 heavy (non-hydrogen) atoms. The Morgan fingerprint density at radius 1 is 1.27 bits per heavy atom. The maximum absolute atomic E-state index is 12.0. The highest BCUT2D eigenvalue weighted by atomic mass is 32.2. The molecule has 0 heterocycles. The van der Waals surface area contributed by atoms with E-state index in [0.717, 1.165) is 18.2 Å². The van der Waals surface area contributed by atoms with Gasteiger partial charge in [0.15, 0.2) is 5.78 Å². The van der Waals surface area contributed by atoms with Crippen LogP contribution in [0.15, 0.2) is 58.1 Å². The summed E-state index contributed by atoms with van der Waals surface area (Å²) in [6.07, 6.45) is 3.82. The summed E-state index contributed by atoms with van der Waals surface area (Å²) in [7, 11) is -4.29. The van der Waals surface area contributed by atoms with Crippen molar-refractivity contribution in [1.82, 2.24) is 0 Å².